The summed E-state index contributed by atoms with van der Waals surface area (Å²) in [7, 11) is -0.328. The molecule has 2 aromatic heterocycles. The Labute approximate surface area is 242 Å². The number of imidazole rings is 1. The molecule has 42 heavy (non-hydrogen) atoms. The second-order valence-corrected chi connectivity index (χ2v) is 10.9. The van der Waals surface area contributed by atoms with Crippen LogP contribution in [-0.2, 0) is 18.8 Å². The number of aliphatic hydroxyl groups excluding tert-OH is 1. The summed E-state index contributed by atoms with van der Waals surface area (Å²) < 4.78 is 52.4. The third kappa shape index (κ3) is 7.14. The van der Waals surface area contributed by atoms with Gasteiger partial charge in [-0.1, -0.05) is 36.4 Å². The van der Waals surface area contributed by atoms with E-state index in [2.05, 4.69) is 20.0 Å². The standard InChI is InChI=1S/C23H23F2N6O5P.C4H10O/c24-22(25)23(10-16(33)21(35-23)31-13-29-18-19(26)27-12-28-20(18)31)11-34-37(30-8-9-32)36-17-7-3-5-14-4-1-2-6-15(14)17;1-4(2)5-3/h1-7,9,12-13,16,21-22,30,33H,8,10-11H2,(H2,26,27,28);4H,1-3H3. The Morgan fingerprint density at radius 2 is 1.98 bits per heavy atom. The second kappa shape index (κ2) is 14.2. The summed E-state index contributed by atoms with van der Waals surface area (Å²) >= 11 is 0. The number of carbonyl (C=O) groups is 1. The van der Waals surface area contributed by atoms with Crippen molar-refractivity contribution in [2.75, 3.05) is 26.0 Å². The number of benzene rings is 2. The Bertz CT molecular complexity index is 1470. The first-order valence-corrected chi connectivity index (χ1v) is 14.2. The average Bonchev–Trinajstić information content (AvgIpc) is 3.57. The van der Waals surface area contributed by atoms with E-state index < -0.39 is 45.9 Å². The summed E-state index contributed by atoms with van der Waals surface area (Å²) in [4.78, 5) is 23.0. The van der Waals surface area contributed by atoms with Crippen molar-refractivity contribution < 1.29 is 37.2 Å². The Balaban J connectivity index is 0.000000748. The lowest BCUT2D eigenvalue weighted by molar-refractivity contribution is -0.167. The number of fused-ring (bicyclic) bond motifs is 2. The van der Waals surface area contributed by atoms with Crippen LogP contribution in [-0.4, -0.2) is 75.4 Å². The number of nitrogens with one attached hydrogen (secondary N) is 1. The molecule has 1 fully saturated rings. The highest BCUT2D eigenvalue weighted by Crippen LogP contribution is 2.45. The van der Waals surface area contributed by atoms with E-state index in [1.165, 1.54) is 17.2 Å². The van der Waals surface area contributed by atoms with Crippen molar-refractivity contribution in [3.8, 4) is 5.75 Å². The lowest BCUT2D eigenvalue weighted by Gasteiger charge is -2.29. The van der Waals surface area contributed by atoms with E-state index in [0.29, 0.717) is 18.1 Å². The molecule has 5 rings (SSSR count). The molecule has 4 N–H and O–H groups in total. The molecule has 0 saturated carbocycles. The van der Waals surface area contributed by atoms with Crippen LogP contribution in [0.2, 0.25) is 0 Å². The van der Waals surface area contributed by atoms with Gasteiger partial charge in [0.25, 0.3) is 6.43 Å². The van der Waals surface area contributed by atoms with Gasteiger partial charge in [0.05, 0.1) is 25.6 Å². The normalized spacial score (nSPS) is 21.0. The number of aromatic nitrogens is 4. The summed E-state index contributed by atoms with van der Waals surface area (Å²) in [5, 5.41) is 15.2. The van der Waals surface area contributed by atoms with Crippen LogP contribution in [0.25, 0.3) is 21.9 Å². The number of nitrogens with zero attached hydrogens (tertiary/aromatic N) is 4. The van der Waals surface area contributed by atoms with Gasteiger partial charge in [-0.3, -0.25) is 4.57 Å². The molecule has 4 atom stereocenters. The zero-order valence-electron chi connectivity index (χ0n) is 23.3. The van der Waals surface area contributed by atoms with Gasteiger partial charge in [0, 0.05) is 18.9 Å². The first-order chi connectivity index (χ1) is 20.2. The fourth-order valence-corrected chi connectivity index (χ4v) is 5.27. The third-order valence-electron chi connectivity index (χ3n) is 6.43. The number of rotatable bonds is 11. The highest BCUT2D eigenvalue weighted by atomic mass is 31.2. The summed E-state index contributed by atoms with van der Waals surface area (Å²) in [5.41, 5.74) is 4.14. The minimum Gasteiger partial charge on any atom is -0.435 e. The van der Waals surface area contributed by atoms with Crippen molar-refractivity contribution in [2.45, 2.75) is 50.7 Å². The molecule has 1 saturated heterocycles. The number of methoxy groups -OCH3 is 1. The molecule has 226 valence electrons. The number of hydrogen-bond donors (Lipinski definition) is 3. The van der Waals surface area contributed by atoms with Crippen molar-refractivity contribution in [3.05, 3.63) is 55.1 Å². The predicted octanol–water partition coefficient (Wildman–Crippen LogP) is 4.00. The number of aldehydes is 1. The largest absolute Gasteiger partial charge is 0.435 e. The van der Waals surface area contributed by atoms with E-state index in [1.807, 2.05) is 44.2 Å². The maximum absolute atomic E-state index is 14.4. The average molecular weight is 607 g/mol. The maximum atomic E-state index is 14.4. The number of alkyl halides is 2. The lowest BCUT2D eigenvalue weighted by atomic mass is 10.0. The van der Waals surface area contributed by atoms with E-state index >= 15 is 0 Å². The molecule has 4 unspecified atom stereocenters. The van der Waals surface area contributed by atoms with Gasteiger partial charge in [0.15, 0.2) is 23.3 Å². The highest BCUT2D eigenvalue weighted by molar-refractivity contribution is 7.45. The Morgan fingerprint density at radius 3 is 2.69 bits per heavy atom. The summed E-state index contributed by atoms with van der Waals surface area (Å²) in [5.74, 6) is 0.568. The number of anilines is 1. The number of nitrogen functional groups attached to an aromatic ring is 1. The molecule has 2 aromatic carbocycles. The van der Waals surface area contributed by atoms with E-state index in [-0.39, 0.29) is 23.5 Å². The van der Waals surface area contributed by atoms with Crippen LogP contribution in [0, 0.1) is 0 Å². The van der Waals surface area contributed by atoms with Gasteiger partial charge < -0.3 is 34.2 Å². The van der Waals surface area contributed by atoms with Gasteiger partial charge in [-0.2, -0.15) is 0 Å². The highest BCUT2D eigenvalue weighted by Gasteiger charge is 2.54. The minimum atomic E-state index is -3.01. The fourth-order valence-electron chi connectivity index (χ4n) is 4.17. The van der Waals surface area contributed by atoms with Gasteiger partial charge in [0.1, 0.15) is 30.0 Å². The second-order valence-electron chi connectivity index (χ2n) is 9.64. The van der Waals surface area contributed by atoms with Gasteiger partial charge in [-0.15, -0.1) is 0 Å². The zero-order valence-corrected chi connectivity index (χ0v) is 24.2. The van der Waals surface area contributed by atoms with Crippen LogP contribution in [0.1, 0.15) is 26.5 Å². The smallest absolute Gasteiger partial charge is 0.318 e. The zero-order chi connectivity index (χ0) is 30.3. The molecule has 1 aliphatic heterocycles. The van der Waals surface area contributed by atoms with E-state index in [4.69, 9.17) is 24.3 Å². The van der Waals surface area contributed by atoms with Crippen LogP contribution < -0.4 is 15.3 Å². The molecule has 0 bridgehead atoms. The molecule has 15 heteroatoms. The quantitative estimate of drug-likeness (QED) is 0.168. The molecular weight excluding hydrogens is 573 g/mol. The van der Waals surface area contributed by atoms with E-state index in [0.717, 1.165) is 10.8 Å². The topological polar surface area (TPSA) is 156 Å². The minimum absolute atomic E-state index is 0.108. The summed E-state index contributed by atoms with van der Waals surface area (Å²) in [6, 6.07) is 12.9. The predicted molar refractivity (Wildman–Crippen MR) is 153 cm³/mol. The number of halogens is 2. The number of aliphatic hydroxyl groups is 1. The Kier molecular flexibility index (Phi) is 10.7. The van der Waals surface area contributed by atoms with Crippen LogP contribution in [0.3, 0.4) is 0 Å². The molecule has 3 heterocycles. The molecule has 4 aromatic rings. The monoisotopic (exact) mass is 606 g/mol. The van der Waals surface area contributed by atoms with Crippen molar-refractivity contribution in [3.63, 3.8) is 0 Å². The fraction of sp³-hybridized carbons (Fsp3) is 0.407. The number of hydrogen-bond acceptors (Lipinski definition) is 11. The van der Waals surface area contributed by atoms with Crippen LogP contribution >= 0.6 is 8.53 Å². The Morgan fingerprint density at radius 1 is 1.24 bits per heavy atom. The number of nitrogens with two attached hydrogens (primary N) is 1. The van der Waals surface area contributed by atoms with E-state index in [9.17, 15) is 18.7 Å². The number of ether oxygens (including phenoxy) is 2. The van der Waals surface area contributed by atoms with Gasteiger partial charge >= 0.3 is 8.53 Å². The summed E-state index contributed by atoms with van der Waals surface area (Å²) in [6.07, 6.45) is -2.48. The van der Waals surface area contributed by atoms with Gasteiger partial charge in [0.2, 0.25) is 0 Å². The van der Waals surface area contributed by atoms with Gasteiger partial charge in [-0.05, 0) is 25.3 Å². The lowest BCUT2D eigenvalue weighted by Crippen LogP contribution is -2.42. The van der Waals surface area contributed by atoms with Crippen molar-refractivity contribution in [1.82, 2.24) is 24.6 Å². The van der Waals surface area contributed by atoms with Crippen molar-refractivity contribution in [1.29, 1.82) is 0 Å². The van der Waals surface area contributed by atoms with Crippen molar-refractivity contribution in [2.24, 2.45) is 0 Å². The van der Waals surface area contributed by atoms with Crippen LogP contribution in [0.4, 0.5) is 14.6 Å². The first-order valence-electron chi connectivity index (χ1n) is 13.0. The molecule has 12 nitrogen and oxygen atoms in total. The first kappa shape index (κ1) is 31.5. The molecule has 0 amide bonds. The third-order valence-corrected chi connectivity index (χ3v) is 7.60. The molecule has 0 spiro atoms. The van der Waals surface area contributed by atoms with Crippen molar-refractivity contribution >= 4 is 42.6 Å². The van der Waals surface area contributed by atoms with Crippen LogP contribution in [0.5, 0.6) is 5.75 Å². The van der Waals surface area contributed by atoms with E-state index in [1.54, 1.807) is 19.2 Å². The SMILES string of the molecule is COC(C)C.Nc1ncnc2c1ncn2C1OC(COP(NCC=O)Oc2cccc3ccccc23)(C(F)F)CC1O. The molecule has 0 aliphatic carbocycles. The maximum Gasteiger partial charge on any atom is 0.318 e. The van der Waals surface area contributed by atoms with Gasteiger partial charge in [-0.25, -0.2) is 28.8 Å². The molecule has 0 radical (unpaired) electrons. The number of carbonyl (C=O) groups excluding carboxylic acids is 1. The Hall–Kier alpha value is -3.39. The van der Waals surface area contributed by atoms with Crippen LogP contribution in [0.15, 0.2) is 55.1 Å². The molecule has 1 aliphatic rings. The summed E-state index contributed by atoms with van der Waals surface area (Å²) in [6.45, 7) is 3.26. The molecular formula is C27H33F2N6O6P.